The zero-order chi connectivity index (χ0) is 15.9. The van der Waals surface area contributed by atoms with E-state index in [1.165, 1.54) is 68.0 Å². The maximum absolute atomic E-state index is 10.8. The van der Waals surface area contributed by atoms with Crippen molar-refractivity contribution in [1.29, 1.82) is 0 Å². The molecule has 1 unspecified atom stereocenters. The van der Waals surface area contributed by atoms with E-state index in [1.807, 2.05) is 0 Å². The molecule has 1 nitrogen and oxygen atoms in total. The summed E-state index contributed by atoms with van der Waals surface area (Å²) in [5.41, 5.74) is 0. The predicted molar refractivity (Wildman–Crippen MR) is 110 cm³/mol. The standard InChI is InChI=1S/C17H32OS4/c1-3-5-6-9-16(19-10-7-11-20-16)14-17(15(18)4-2)21-12-8-13-22-17/h15,18H,3-14H2,1-2H3. The molecule has 1 N–H and O–H groups in total. The van der Waals surface area contributed by atoms with Gasteiger partial charge in [-0.25, -0.2) is 0 Å². The lowest BCUT2D eigenvalue weighted by Gasteiger charge is -2.47. The molecule has 2 rings (SSSR count). The molecule has 0 amide bonds. The van der Waals surface area contributed by atoms with Crippen LogP contribution in [0.15, 0.2) is 0 Å². The Hall–Kier alpha value is 1.36. The molecule has 0 radical (unpaired) electrons. The van der Waals surface area contributed by atoms with Crippen LogP contribution in [0.4, 0.5) is 0 Å². The summed E-state index contributed by atoms with van der Waals surface area (Å²) in [5, 5.41) is 10.8. The number of unbranched alkanes of at least 4 members (excludes halogenated alkanes) is 2. The summed E-state index contributed by atoms with van der Waals surface area (Å²) in [6, 6.07) is 0. The summed E-state index contributed by atoms with van der Waals surface area (Å²) in [4.78, 5) is 0. The van der Waals surface area contributed by atoms with E-state index in [4.69, 9.17) is 0 Å². The molecule has 2 aliphatic heterocycles. The van der Waals surface area contributed by atoms with Crippen LogP contribution in [-0.4, -0.2) is 42.4 Å². The minimum atomic E-state index is -0.158. The van der Waals surface area contributed by atoms with Gasteiger partial charge in [0, 0.05) is 0 Å². The third-order valence-corrected chi connectivity index (χ3v) is 11.5. The van der Waals surface area contributed by atoms with Crippen molar-refractivity contribution in [2.75, 3.05) is 23.0 Å². The van der Waals surface area contributed by atoms with Crippen LogP contribution in [0.25, 0.3) is 0 Å². The fraction of sp³-hybridized carbons (Fsp3) is 1.00. The monoisotopic (exact) mass is 380 g/mol. The van der Waals surface area contributed by atoms with Gasteiger partial charge in [0.25, 0.3) is 0 Å². The average Bonchev–Trinajstić information content (AvgIpc) is 2.56. The minimum absolute atomic E-state index is 0.0521. The predicted octanol–water partition coefficient (Wildman–Crippen LogP) is 5.86. The van der Waals surface area contributed by atoms with E-state index in [9.17, 15) is 5.11 Å². The van der Waals surface area contributed by atoms with Gasteiger partial charge < -0.3 is 5.11 Å². The van der Waals surface area contributed by atoms with E-state index in [1.54, 1.807) is 0 Å². The second-order valence-electron chi connectivity index (χ2n) is 6.38. The molecule has 0 aromatic carbocycles. The molecule has 0 aromatic rings. The summed E-state index contributed by atoms with van der Waals surface area (Å²) in [6.45, 7) is 4.44. The van der Waals surface area contributed by atoms with Gasteiger partial charge in [-0.3, -0.25) is 0 Å². The quantitative estimate of drug-likeness (QED) is 0.530. The number of thioether (sulfide) groups is 4. The van der Waals surface area contributed by atoms with E-state index >= 15 is 0 Å². The van der Waals surface area contributed by atoms with E-state index in [0.29, 0.717) is 4.08 Å². The van der Waals surface area contributed by atoms with Gasteiger partial charge in [0.05, 0.1) is 14.3 Å². The van der Waals surface area contributed by atoms with Crippen LogP contribution in [0.2, 0.25) is 0 Å². The van der Waals surface area contributed by atoms with Gasteiger partial charge in [-0.2, -0.15) is 0 Å². The lowest BCUT2D eigenvalue weighted by Crippen LogP contribution is -2.44. The Kier molecular flexibility index (Phi) is 8.72. The summed E-state index contributed by atoms with van der Waals surface area (Å²) < 4.78 is 0.414. The molecule has 0 aliphatic carbocycles. The van der Waals surface area contributed by atoms with Crippen LogP contribution in [0, 0.1) is 0 Å². The Morgan fingerprint density at radius 2 is 1.50 bits per heavy atom. The number of hydrogen-bond acceptors (Lipinski definition) is 5. The van der Waals surface area contributed by atoms with Crippen molar-refractivity contribution in [1.82, 2.24) is 0 Å². The summed E-state index contributed by atoms with van der Waals surface area (Å²) >= 11 is 8.53. The molecule has 0 spiro atoms. The van der Waals surface area contributed by atoms with Crippen molar-refractivity contribution in [2.45, 2.75) is 79.5 Å². The number of aliphatic hydroxyl groups is 1. The Bertz CT molecular complexity index is 312. The minimum Gasteiger partial charge on any atom is -0.391 e. The number of aliphatic hydroxyl groups excluding tert-OH is 1. The van der Waals surface area contributed by atoms with Crippen LogP contribution in [-0.2, 0) is 0 Å². The lowest BCUT2D eigenvalue weighted by molar-refractivity contribution is 0.151. The third-order valence-electron chi connectivity index (χ3n) is 4.57. The molecule has 1 atom stereocenters. The normalized spacial score (nSPS) is 25.8. The van der Waals surface area contributed by atoms with Crippen molar-refractivity contribution >= 4 is 47.0 Å². The highest BCUT2D eigenvalue weighted by atomic mass is 32.2. The molecule has 2 heterocycles. The topological polar surface area (TPSA) is 20.2 Å². The first kappa shape index (κ1) is 19.7. The average molecular weight is 381 g/mol. The second-order valence-corrected chi connectivity index (χ2v) is 12.7. The van der Waals surface area contributed by atoms with Crippen LogP contribution < -0.4 is 0 Å². The zero-order valence-corrected chi connectivity index (χ0v) is 17.4. The SMILES string of the molecule is CCCCCC1(CC2(C(O)CC)SCCCS2)SCCCS1. The van der Waals surface area contributed by atoms with Crippen molar-refractivity contribution < 1.29 is 5.11 Å². The van der Waals surface area contributed by atoms with E-state index in [2.05, 4.69) is 60.9 Å². The van der Waals surface area contributed by atoms with E-state index < -0.39 is 0 Å². The molecule has 2 aliphatic rings. The Labute approximate surface area is 154 Å². The van der Waals surface area contributed by atoms with Crippen LogP contribution in [0.3, 0.4) is 0 Å². The van der Waals surface area contributed by atoms with Crippen LogP contribution in [0.5, 0.6) is 0 Å². The summed E-state index contributed by atoms with van der Waals surface area (Å²) in [5.74, 6) is 5.08. The Morgan fingerprint density at radius 1 is 0.909 bits per heavy atom. The first-order valence-electron chi connectivity index (χ1n) is 8.90. The maximum Gasteiger partial charge on any atom is 0.0889 e. The lowest BCUT2D eigenvalue weighted by atomic mass is 10.0. The van der Waals surface area contributed by atoms with Crippen LogP contribution >= 0.6 is 47.0 Å². The molecule has 22 heavy (non-hydrogen) atoms. The molecule has 0 saturated carbocycles. The van der Waals surface area contributed by atoms with E-state index in [0.717, 1.165) is 6.42 Å². The molecule has 2 saturated heterocycles. The fourth-order valence-corrected chi connectivity index (χ4v) is 10.9. The van der Waals surface area contributed by atoms with Gasteiger partial charge in [-0.15, -0.1) is 47.0 Å². The summed E-state index contributed by atoms with van der Waals surface area (Å²) in [6.07, 6.45) is 9.91. The van der Waals surface area contributed by atoms with Gasteiger partial charge in [0.2, 0.25) is 0 Å². The van der Waals surface area contributed by atoms with E-state index in [-0.39, 0.29) is 10.2 Å². The van der Waals surface area contributed by atoms with Crippen molar-refractivity contribution in [3.63, 3.8) is 0 Å². The number of hydrogen-bond donors (Lipinski definition) is 1. The molecule has 130 valence electrons. The van der Waals surface area contributed by atoms with Gasteiger partial charge >= 0.3 is 0 Å². The van der Waals surface area contributed by atoms with Gasteiger partial charge in [0.1, 0.15) is 0 Å². The van der Waals surface area contributed by atoms with Gasteiger partial charge in [-0.05, 0) is 55.1 Å². The maximum atomic E-state index is 10.8. The Balaban J connectivity index is 2.10. The molecule has 5 heteroatoms. The Morgan fingerprint density at radius 3 is 2.05 bits per heavy atom. The van der Waals surface area contributed by atoms with Crippen molar-refractivity contribution in [3.8, 4) is 0 Å². The molecule has 2 fully saturated rings. The highest BCUT2D eigenvalue weighted by Gasteiger charge is 2.48. The van der Waals surface area contributed by atoms with Crippen molar-refractivity contribution in [2.24, 2.45) is 0 Å². The summed E-state index contributed by atoms with van der Waals surface area (Å²) in [7, 11) is 0. The zero-order valence-electron chi connectivity index (χ0n) is 14.1. The molecular weight excluding hydrogens is 348 g/mol. The second kappa shape index (κ2) is 9.74. The largest absolute Gasteiger partial charge is 0.391 e. The van der Waals surface area contributed by atoms with Crippen LogP contribution in [0.1, 0.15) is 65.2 Å². The van der Waals surface area contributed by atoms with Gasteiger partial charge in [0.15, 0.2) is 0 Å². The smallest absolute Gasteiger partial charge is 0.0889 e. The molecule has 0 aromatic heterocycles. The fourth-order valence-electron chi connectivity index (χ4n) is 3.29. The first-order valence-corrected chi connectivity index (χ1v) is 12.8. The van der Waals surface area contributed by atoms with Crippen molar-refractivity contribution in [3.05, 3.63) is 0 Å². The third kappa shape index (κ3) is 5.18. The number of rotatable bonds is 8. The van der Waals surface area contributed by atoms with Gasteiger partial charge in [-0.1, -0.05) is 33.1 Å². The highest BCUT2D eigenvalue weighted by molar-refractivity contribution is 8.20. The first-order chi connectivity index (χ1) is 10.7. The highest BCUT2D eigenvalue weighted by Crippen LogP contribution is 2.58. The molecular formula is C17H32OS4. The molecule has 0 bridgehead atoms.